The molecule has 7 nitrogen and oxygen atoms in total. The van der Waals surface area contributed by atoms with Crippen LogP contribution in [0.25, 0.3) is 0 Å². The summed E-state index contributed by atoms with van der Waals surface area (Å²) < 4.78 is 11.1. The summed E-state index contributed by atoms with van der Waals surface area (Å²) >= 11 is 0. The summed E-state index contributed by atoms with van der Waals surface area (Å²) in [6, 6.07) is 13.0. The number of aliphatic hydroxyl groups is 1. The topological polar surface area (TPSA) is 88.1 Å². The molecular weight excluding hydrogens is 360 g/mol. The molecule has 2 heterocycles. The second-order valence-corrected chi connectivity index (χ2v) is 6.84. The second kappa shape index (κ2) is 7.90. The Morgan fingerprint density at radius 1 is 1.14 bits per heavy atom. The molecule has 0 fully saturated rings. The van der Waals surface area contributed by atoms with Gasteiger partial charge in [-0.3, -0.25) is 9.59 Å². The minimum absolute atomic E-state index is 0.0267. The van der Waals surface area contributed by atoms with Crippen molar-refractivity contribution < 1.29 is 24.2 Å². The lowest BCUT2D eigenvalue weighted by Crippen LogP contribution is -2.40. The summed E-state index contributed by atoms with van der Waals surface area (Å²) in [7, 11) is 0. The number of benzene rings is 2. The van der Waals surface area contributed by atoms with Crippen molar-refractivity contribution in [3.05, 3.63) is 59.2 Å². The van der Waals surface area contributed by atoms with E-state index in [1.54, 1.807) is 11.0 Å². The maximum Gasteiger partial charge on any atom is 0.260 e. The lowest BCUT2D eigenvalue weighted by molar-refractivity contribution is -0.134. The summed E-state index contributed by atoms with van der Waals surface area (Å²) in [6.45, 7) is 1.52. The summed E-state index contributed by atoms with van der Waals surface area (Å²) in [5.74, 6) is 0.653. The number of para-hydroxylation sites is 2. The first kappa shape index (κ1) is 18.3. The third-order valence-electron chi connectivity index (χ3n) is 5.01. The Balaban J connectivity index is 1.35. The lowest BCUT2D eigenvalue weighted by Gasteiger charge is -2.21. The molecule has 0 radical (unpaired) electrons. The number of carbonyl (C=O) groups excluding carboxylic acids is 2. The molecule has 1 atom stereocenters. The number of ether oxygens (including phenoxy) is 2. The standard InChI is InChI=1S/C21H22N2O5/c24-18-13-28-17-7-2-1-4-15(17)12-23(18)10-9-22-21(26)19(25)16-6-3-5-14-8-11-27-20(14)16/h1-7,19,25H,8-13H2,(H,22,26). The number of amides is 2. The van der Waals surface area contributed by atoms with E-state index < -0.39 is 12.0 Å². The molecule has 2 aromatic rings. The van der Waals surface area contributed by atoms with E-state index in [9.17, 15) is 14.7 Å². The van der Waals surface area contributed by atoms with Crippen LogP contribution in [0.4, 0.5) is 0 Å². The Morgan fingerprint density at radius 2 is 1.96 bits per heavy atom. The Bertz CT molecular complexity index is 898. The highest BCUT2D eigenvalue weighted by Gasteiger charge is 2.26. The zero-order chi connectivity index (χ0) is 19.5. The lowest BCUT2D eigenvalue weighted by atomic mass is 10.0. The highest BCUT2D eigenvalue weighted by atomic mass is 16.5. The third kappa shape index (κ3) is 3.66. The number of rotatable bonds is 5. The summed E-state index contributed by atoms with van der Waals surface area (Å²) in [5.41, 5.74) is 2.40. The molecule has 0 bridgehead atoms. The predicted octanol–water partition coefficient (Wildman–Crippen LogP) is 1.19. The van der Waals surface area contributed by atoms with E-state index in [-0.39, 0.29) is 19.1 Å². The minimum atomic E-state index is -1.31. The molecule has 2 aliphatic heterocycles. The van der Waals surface area contributed by atoms with E-state index in [0.717, 1.165) is 17.5 Å². The number of nitrogens with one attached hydrogen (secondary N) is 1. The van der Waals surface area contributed by atoms with Crippen molar-refractivity contribution in [2.75, 3.05) is 26.3 Å². The highest BCUT2D eigenvalue weighted by Crippen LogP contribution is 2.33. The van der Waals surface area contributed by atoms with Gasteiger partial charge in [0, 0.05) is 37.2 Å². The maximum atomic E-state index is 12.4. The zero-order valence-electron chi connectivity index (χ0n) is 15.4. The van der Waals surface area contributed by atoms with E-state index in [1.807, 2.05) is 36.4 Å². The van der Waals surface area contributed by atoms with Crippen LogP contribution in [0, 0.1) is 0 Å². The van der Waals surface area contributed by atoms with Crippen LogP contribution < -0.4 is 14.8 Å². The van der Waals surface area contributed by atoms with Gasteiger partial charge in [-0.15, -0.1) is 0 Å². The monoisotopic (exact) mass is 382 g/mol. The highest BCUT2D eigenvalue weighted by molar-refractivity contribution is 5.83. The van der Waals surface area contributed by atoms with Crippen molar-refractivity contribution in [3.63, 3.8) is 0 Å². The van der Waals surface area contributed by atoms with E-state index in [1.165, 1.54) is 0 Å². The maximum absolute atomic E-state index is 12.4. The molecule has 2 N–H and O–H groups in total. The fourth-order valence-corrected chi connectivity index (χ4v) is 3.51. The average molecular weight is 382 g/mol. The molecule has 146 valence electrons. The Labute approximate surface area is 162 Å². The summed E-state index contributed by atoms with van der Waals surface area (Å²) in [5, 5.41) is 13.1. The van der Waals surface area contributed by atoms with Crippen LogP contribution in [0.2, 0.25) is 0 Å². The normalized spacial score (nSPS) is 16.3. The van der Waals surface area contributed by atoms with Crippen molar-refractivity contribution >= 4 is 11.8 Å². The molecule has 0 saturated carbocycles. The van der Waals surface area contributed by atoms with Gasteiger partial charge in [0.2, 0.25) is 0 Å². The van der Waals surface area contributed by atoms with Gasteiger partial charge in [0.05, 0.1) is 6.61 Å². The number of hydrogen-bond donors (Lipinski definition) is 2. The first-order chi connectivity index (χ1) is 13.6. The smallest absolute Gasteiger partial charge is 0.260 e. The van der Waals surface area contributed by atoms with Gasteiger partial charge in [-0.1, -0.05) is 36.4 Å². The Kier molecular flexibility index (Phi) is 5.16. The van der Waals surface area contributed by atoms with Gasteiger partial charge < -0.3 is 24.8 Å². The largest absolute Gasteiger partial charge is 0.493 e. The predicted molar refractivity (Wildman–Crippen MR) is 101 cm³/mol. The van der Waals surface area contributed by atoms with Crippen LogP contribution in [0.5, 0.6) is 11.5 Å². The fraction of sp³-hybridized carbons (Fsp3) is 0.333. The van der Waals surface area contributed by atoms with Crippen molar-refractivity contribution in [3.8, 4) is 11.5 Å². The Morgan fingerprint density at radius 3 is 2.86 bits per heavy atom. The van der Waals surface area contributed by atoms with Gasteiger partial charge >= 0.3 is 0 Å². The molecule has 0 saturated heterocycles. The van der Waals surface area contributed by atoms with E-state index >= 15 is 0 Å². The van der Waals surface area contributed by atoms with Crippen molar-refractivity contribution in [2.45, 2.75) is 19.1 Å². The van der Waals surface area contributed by atoms with Gasteiger partial charge in [-0.05, 0) is 11.6 Å². The fourth-order valence-electron chi connectivity index (χ4n) is 3.51. The molecule has 7 heteroatoms. The van der Waals surface area contributed by atoms with Gasteiger partial charge in [0.1, 0.15) is 11.5 Å². The Hall–Kier alpha value is -3.06. The van der Waals surface area contributed by atoms with Crippen LogP contribution in [0.1, 0.15) is 22.8 Å². The minimum Gasteiger partial charge on any atom is -0.493 e. The average Bonchev–Trinajstić information content (AvgIpc) is 3.14. The van der Waals surface area contributed by atoms with E-state index in [2.05, 4.69) is 5.32 Å². The number of hydrogen-bond acceptors (Lipinski definition) is 5. The molecule has 4 rings (SSSR count). The number of nitrogens with zero attached hydrogens (tertiary/aromatic N) is 1. The first-order valence-electron chi connectivity index (χ1n) is 9.32. The zero-order valence-corrected chi connectivity index (χ0v) is 15.4. The molecule has 1 unspecified atom stereocenters. The number of aliphatic hydroxyl groups excluding tert-OH is 1. The SMILES string of the molecule is O=C(NCCN1Cc2ccccc2OCC1=O)C(O)c1cccc2c1OCC2. The van der Waals surface area contributed by atoms with Crippen LogP contribution in [-0.2, 0) is 22.6 Å². The third-order valence-corrected chi connectivity index (χ3v) is 5.01. The van der Waals surface area contributed by atoms with Gasteiger partial charge in [0.25, 0.3) is 11.8 Å². The molecular formula is C21H22N2O5. The van der Waals surface area contributed by atoms with Crippen LogP contribution >= 0.6 is 0 Å². The first-order valence-corrected chi connectivity index (χ1v) is 9.32. The molecule has 28 heavy (non-hydrogen) atoms. The van der Waals surface area contributed by atoms with Crippen molar-refractivity contribution in [1.29, 1.82) is 0 Å². The van der Waals surface area contributed by atoms with Crippen LogP contribution in [0.3, 0.4) is 0 Å². The van der Waals surface area contributed by atoms with Crippen LogP contribution in [-0.4, -0.2) is 48.1 Å². The van der Waals surface area contributed by atoms with Gasteiger partial charge in [-0.25, -0.2) is 0 Å². The van der Waals surface area contributed by atoms with E-state index in [0.29, 0.717) is 36.8 Å². The second-order valence-electron chi connectivity index (χ2n) is 6.84. The van der Waals surface area contributed by atoms with Gasteiger partial charge in [0.15, 0.2) is 12.7 Å². The van der Waals surface area contributed by atoms with E-state index in [4.69, 9.17) is 9.47 Å². The van der Waals surface area contributed by atoms with Crippen LogP contribution in [0.15, 0.2) is 42.5 Å². The summed E-state index contributed by atoms with van der Waals surface area (Å²) in [4.78, 5) is 26.3. The molecule has 0 aromatic heterocycles. The quantitative estimate of drug-likeness (QED) is 0.811. The van der Waals surface area contributed by atoms with Crippen molar-refractivity contribution in [1.82, 2.24) is 10.2 Å². The molecule has 0 spiro atoms. The van der Waals surface area contributed by atoms with Gasteiger partial charge in [-0.2, -0.15) is 0 Å². The molecule has 2 amide bonds. The molecule has 2 aromatic carbocycles. The summed E-state index contributed by atoms with van der Waals surface area (Å²) in [6.07, 6.45) is -0.532. The molecule has 0 aliphatic carbocycles. The number of carbonyl (C=O) groups is 2. The number of fused-ring (bicyclic) bond motifs is 2. The van der Waals surface area contributed by atoms with Crippen molar-refractivity contribution in [2.24, 2.45) is 0 Å². The molecule has 2 aliphatic rings.